The Balaban J connectivity index is 2.98. The van der Waals surface area contributed by atoms with E-state index in [1.54, 1.807) is 0 Å². The number of aliphatic imine (C=N–C) groups is 1. The lowest BCUT2D eigenvalue weighted by molar-refractivity contribution is -0.430. The summed E-state index contributed by atoms with van der Waals surface area (Å²) in [6, 6.07) is 0. The molecule has 0 saturated carbocycles. The van der Waals surface area contributed by atoms with Crippen LogP contribution in [-0.2, 0) is 9.84 Å². The maximum Gasteiger partial charge on any atom is 0.300 e. The maximum atomic E-state index is 11.0. The molecule has 14 heavy (non-hydrogen) atoms. The van der Waals surface area contributed by atoms with Crippen LogP contribution in [-0.4, -0.2) is 30.9 Å². The van der Waals surface area contributed by atoms with E-state index in [1.807, 2.05) is 0 Å². The molecule has 1 aliphatic heterocycles. The Hall–Kier alpha value is -1.48. The minimum atomic E-state index is -3.52. The average Bonchev–Trinajstić information content (AvgIpc) is 2.01. The van der Waals surface area contributed by atoms with Gasteiger partial charge in [0.15, 0.2) is 6.17 Å². The first kappa shape index (κ1) is 10.6. The van der Waals surface area contributed by atoms with Crippen LogP contribution in [0, 0.1) is 10.1 Å². The molecule has 0 saturated heterocycles. The Morgan fingerprint density at radius 3 is 2.64 bits per heavy atom. The van der Waals surface area contributed by atoms with Crippen LogP contribution in [0.3, 0.4) is 0 Å². The normalized spacial score (nSPS) is 22.0. The first-order valence-corrected chi connectivity index (χ1v) is 5.36. The third-order valence-electron chi connectivity index (χ3n) is 1.46. The topological polar surface area (TPSA) is 128 Å². The van der Waals surface area contributed by atoms with Gasteiger partial charge in [-0.1, -0.05) is 0 Å². The van der Waals surface area contributed by atoms with Crippen molar-refractivity contribution in [2.45, 2.75) is 6.17 Å². The number of hydrogen-bond acceptors (Lipinski definition) is 7. The molecule has 3 N–H and O–H groups in total. The standard InChI is InChI=1S/C5H8N4O4S/c1-14(12,13)5-7-2-3(9(10)11)4(6)8-5/h2,4H,6H2,1H3,(H,7,8). The van der Waals surface area contributed by atoms with E-state index in [2.05, 4.69) is 10.3 Å². The molecule has 78 valence electrons. The van der Waals surface area contributed by atoms with Crippen LogP contribution < -0.4 is 11.1 Å². The first-order valence-electron chi connectivity index (χ1n) is 3.47. The number of nitro groups is 1. The minimum Gasteiger partial charge on any atom is -0.331 e. The van der Waals surface area contributed by atoms with E-state index in [0.29, 0.717) is 0 Å². The van der Waals surface area contributed by atoms with E-state index >= 15 is 0 Å². The van der Waals surface area contributed by atoms with Gasteiger partial charge < -0.3 is 11.1 Å². The van der Waals surface area contributed by atoms with Crippen molar-refractivity contribution >= 4 is 15.0 Å². The summed E-state index contributed by atoms with van der Waals surface area (Å²) in [5.41, 5.74) is 4.89. The van der Waals surface area contributed by atoms with Gasteiger partial charge in [-0.05, 0) is 0 Å². The summed E-state index contributed by atoms with van der Waals surface area (Å²) in [6.45, 7) is 0. The maximum absolute atomic E-state index is 11.0. The first-order chi connectivity index (χ1) is 6.32. The van der Waals surface area contributed by atoms with Crippen LogP contribution in [0.1, 0.15) is 0 Å². The summed E-state index contributed by atoms with van der Waals surface area (Å²) in [5, 5.41) is 12.2. The summed E-state index contributed by atoms with van der Waals surface area (Å²) >= 11 is 0. The van der Waals surface area contributed by atoms with Gasteiger partial charge in [-0.15, -0.1) is 0 Å². The molecule has 1 aliphatic rings. The zero-order valence-electron chi connectivity index (χ0n) is 7.17. The van der Waals surface area contributed by atoms with Crippen LogP contribution in [0.5, 0.6) is 0 Å². The van der Waals surface area contributed by atoms with Gasteiger partial charge in [0.1, 0.15) is 0 Å². The molecule has 1 rings (SSSR count). The molecule has 0 aromatic rings. The monoisotopic (exact) mass is 220 g/mol. The van der Waals surface area contributed by atoms with E-state index < -0.39 is 20.9 Å². The smallest absolute Gasteiger partial charge is 0.300 e. The summed E-state index contributed by atoms with van der Waals surface area (Å²) in [5.74, 6) is 0. The molecule has 0 aliphatic carbocycles. The van der Waals surface area contributed by atoms with Crippen molar-refractivity contribution in [3.63, 3.8) is 0 Å². The second kappa shape index (κ2) is 3.35. The molecule has 9 heteroatoms. The number of hydrogen-bond donors (Lipinski definition) is 2. The number of rotatable bonds is 1. The molecule has 0 aromatic carbocycles. The van der Waals surface area contributed by atoms with Crippen molar-refractivity contribution in [2.75, 3.05) is 6.26 Å². The molecule has 0 amide bonds. The van der Waals surface area contributed by atoms with Gasteiger partial charge in [-0.2, -0.15) is 0 Å². The molecule has 0 fully saturated rings. The van der Waals surface area contributed by atoms with E-state index in [1.165, 1.54) is 0 Å². The van der Waals surface area contributed by atoms with Crippen LogP contribution in [0.15, 0.2) is 16.9 Å². The zero-order chi connectivity index (χ0) is 10.9. The van der Waals surface area contributed by atoms with Gasteiger partial charge >= 0.3 is 5.70 Å². The Morgan fingerprint density at radius 2 is 2.29 bits per heavy atom. The number of nitrogens with two attached hydrogens (primary N) is 1. The van der Waals surface area contributed by atoms with Crippen molar-refractivity contribution < 1.29 is 13.3 Å². The summed E-state index contributed by atoms with van der Waals surface area (Å²) in [7, 11) is -3.52. The molecule has 1 unspecified atom stereocenters. The second-order valence-electron chi connectivity index (χ2n) is 2.62. The fraction of sp³-hybridized carbons (Fsp3) is 0.400. The van der Waals surface area contributed by atoms with Crippen molar-refractivity contribution in [3.8, 4) is 0 Å². The number of sulfone groups is 1. The molecular weight excluding hydrogens is 212 g/mol. The molecule has 1 heterocycles. The predicted octanol–water partition coefficient (Wildman–Crippen LogP) is -1.61. The predicted molar refractivity (Wildman–Crippen MR) is 48.5 cm³/mol. The summed E-state index contributed by atoms with van der Waals surface area (Å²) in [6.07, 6.45) is 0.598. The fourth-order valence-electron chi connectivity index (χ4n) is 0.814. The van der Waals surface area contributed by atoms with Crippen LogP contribution in [0.25, 0.3) is 0 Å². The highest BCUT2D eigenvalue weighted by Gasteiger charge is 2.27. The zero-order valence-corrected chi connectivity index (χ0v) is 7.98. The third kappa shape index (κ3) is 2.06. The van der Waals surface area contributed by atoms with Gasteiger partial charge in [-0.3, -0.25) is 10.1 Å². The summed E-state index contributed by atoms with van der Waals surface area (Å²) in [4.78, 5) is 13.0. The summed E-state index contributed by atoms with van der Waals surface area (Å²) < 4.78 is 21.9. The van der Waals surface area contributed by atoms with E-state index in [-0.39, 0.29) is 10.9 Å². The van der Waals surface area contributed by atoms with Gasteiger partial charge in [0.05, 0.1) is 11.1 Å². The van der Waals surface area contributed by atoms with Gasteiger partial charge in [0.2, 0.25) is 15.0 Å². The molecule has 1 atom stereocenters. The highest BCUT2D eigenvalue weighted by molar-refractivity contribution is 8.05. The Labute approximate surface area is 79.6 Å². The van der Waals surface area contributed by atoms with E-state index in [9.17, 15) is 18.5 Å². The molecule has 0 aromatic heterocycles. The molecule has 0 bridgehead atoms. The third-order valence-corrected chi connectivity index (χ3v) is 2.39. The minimum absolute atomic E-state index is 0.365. The molecule has 0 radical (unpaired) electrons. The van der Waals surface area contributed by atoms with Crippen molar-refractivity contribution in [3.05, 3.63) is 22.0 Å². The van der Waals surface area contributed by atoms with Crippen LogP contribution >= 0.6 is 0 Å². The van der Waals surface area contributed by atoms with Gasteiger partial charge in [0, 0.05) is 6.26 Å². The number of amidine groups is 1. The largest absolute Gasteiger partial charge is 0.331 e. The van der Waals surface area contributed by atoms with Crippen molar-refractivity contribution in [1.29, 1.82) is 0 Å². The molecular formula is C5H8N4O4S. The number of nitrogens with one attached hydrogen (secondary N) is 1. The Bertz CT molecular complexity index is 423. The highest BCUT2D eigenvalue weighted by Crippen LogP contribution is 2.07. The van der Waals surface area contributed by atoms with Crippen LogP contribution in [0.4, 0.5) is 0 Å². The van der Waals surface area contributed by atoms with Crippen molar-refractivity contribution in [2.24, 2.45) is 10.7 Å². The fourth-order valence-corrected chi connectivity index (χ4v) is 1.39. The number of nitrogens with zero attached hydrogens (tertiary/aromatic N) is 2. The lowest BCUT2D eigenvalue weighted by Gasteiger charge is -2.12. The van der Waals surface area contributed by atoms with Gasteiger partial charge in [0.25, 0.3) is 0 Å². The van der Waals surface area contributed by atoms with E-state index in [4.69, 9.17) is 5.73 Å². The molecule has 0 spiro atoms. The quantitative estimate of drug-likeness (QED) is 0.404. The lowest BCUT2D eigenvalue weighted by atomic mass is 10.4. The SMILES string of the molecule is CS(=O)(=O)C1=NC(N)C([N+](=O)[O-])=CN1. The Kier molecular flexibility index (Phi) is 2.53. The van der Waals surface area contributed by atoms with E-state index in [0.717, 1.165) is 12.5 Å². The van der Waals surface area contributed by atoms with Gasteiger partial charge in [-0.25, -0.2) is 13.4 Å². The highest BCUT2D eigenvalue weighted by atomic mass is 32.2. The Morgan fingerprint density at radius 1 is 1.71 bits per heavy atom. The lowest BCUT2D eigenvalue weighted by Crippen LogP contribution is -2.38. The average molecular weight is 220 g/mol. The van der Waals surface area contributed by atoms with Crippen LogP contribution in [0.2, 0.25) is 0 Å². The second-order valence-corrected chi connectivity index (χ2v) is 4.55. The van der Waals surface area contributed by atoms with Crippen molar-refractivity contribution in [1.82, 2.24) is 5.32 Å². The molecule has 8 nitrogen and oxygen atoms in total.